The van der Waals surface area contributed by atoms with Crippen LogP contribution in [-0.2, 0) is 6.54 Å². The van der Waals surface area contributed by atoms with Crippen LogP contribution >= 0.6 is 0 Å². The molecule has 128 valence electrons. The van der Waals surface area contributed by atoms with Crippen molar-refractivity contribution in [2.75, 3.05) is 19.7 Å². The molecule has 3 rings (SSSR count). The minimum absolute atomic E-state index is 0.341. The average Bonchev–Trinajstić information content (AvgIpc) is 2.89. The summed E-state index contributed by atoms with van der Waals surface area (Å²) in [6.45, 7) is 4.47. The molecule has 2 aromatic carbocycles. The highest BCUT2D eigenvalue weighted by Gasteiger charge is 2.33. The van der Waals surface area contributed by atoms with Gasteiger partial charge in [0.15, 0.2) is 0 Å². The van der Waals surface area contributed by atoms with Crippen molar-refractivity contribution in [1.82, 2.24) is 4.90 Å². The summed E-state index contributed by atoms with van der Waals surface area (Å²) in [4.78, 5) is 2.13. The first-order valence-corrected chi connectivity index (χ1v) is 8.18. The van der Waals surface area contributed by atoms with Gasteiger partial charge in [-0.25, -0.2) is 4.39 Å². The predicted molar refractivity (Wildman–Crippen MR) is 89.7 cm³/mol. The van der Waals surface area contributed by atoms with Crippen LogP contribution in [0.25, 0.3) is 0 Å². The number of aliphatic hydroxyl groups excluding tert-OH is 1. The number of hydrogen-bond acceptors (Lipinski definition) is 4. The first-order valence-electron chi connectivity index (χ1n) is 8.18. The molecule has 1 heterocycles. The number of halogens is 1. The summed E-state index contributed by atoms with van der Waals surface area (Å²) >= 11 is 0. The highest BCUT2D eigenvalue weighted by atomic mass is 19.1. The zero-order chi connectivity index (χ0) is 16.9. The zero-order valence-electron chi connectivity index (χ0n) is 13.7. The minimum atomic E-state index is -0.587. The number of β-amino-alcohol motifs (C(OH)–C–C–N with tert-alkyl or cyclic N) is 1. The van der Waals surface area contributed by atoms with Crippen molar-refractivity contribution in [3.63, 3.8) is 0 Å². The van der Waals surface area contributed by atoms with E-state index in [-0.39, 0.29) is 11.9 Å². The molecule has 0 amide bonds. The third-order valence-electron chi connectivity index (χ3n) is 4.04. The maximum absolute atomic E-state index is 13.2. The number of hydrogen-bond donors (Lipinski definition) is 1. The van der Waals surface area contributed by atoms with Crippen LogP contribution in [-0.4, -0.2) is 41.9 Å². The standard InChI is InChI=1S/C19H22FNO3/c1-2-23-16-8-6-14(7-9-16)11-21-12-18(22)19(13-21)24-17-5-3-4-15(20)10-17/h3-10,18-19,22H,2,11-13H2,1H3/t18-,19-/m0/s1. The monoisotopic (exact) mass is 331 g/mol. The molecule has 1 aliphatic heterocycles. The molecule has 0 unspecified atom stereocenters. The van der Waals surface area contributed by atoms with Crippen LogP contribution in [0.2, 0.25) is 0 Å². The summed E-state index contributed by atoms with van der Waals surface area (Å²) < 4.78 is 24.4. The molecule has 1 aliphatic rings. The summed E-state index contributed by atoms with van der Waals surface area (Å²) in [6, 6.07) is 14.0. The van der Waals surface area contributed by atoms with E-state index in [0.29, 0.717) is 25.4 Å². The molecule has 0 aliphatic carbocycles. The molecule has 0 radical (unpaired) electrons. The molecule has 0 aromatic heterocycles. The number of aliphatic hydroxyl groups is 1. The first kappa shape index (κ1) is 16.7. The van der Waals surface area contributed by atoms with Gasteiger partial charge in [0.25, 0.3) is 0 Å². The van der Waals surface area contributed by atoms with Gasteiger partial charge in [0.1, 0.15) is 29.5 Å². The van der Waals surface area contributed by atoms with E-state index in [4.69, 9.17) is 9.47 Å². The van der Waals surface area contributed by atoms with E-state index in [1.54, 1.807) is 12.1 Å². The van der Waals surface area contributed by atoms with Crippen molar-refractivity contribution >= 4 is 0 Å². The number of ether oxygens (including phenoxy) is 2. The Morgan fingerprint density at radius 2 is 1.92 bits per heavy atom. The van der Waals surface area contributed by atoms with Gasteiger partial charge in [-0.1, -0.05) is 18.2 Å². The first-order chi connectivity index (χ1) is 11.6. The van der Waals surface area contributed by atoms with Crippen molar-refractivity contribution in [1.29, 1.82) is 0 Å². The summed E-state index contributed by atoms with van der Waals surface area (Å²) in [5.74, 6) is 0.961. The van der Waals surface area contributed by atoms with Gasteiger partial charge >= 0.3 is 0 Å². The fourth-order valence-corrected chi connectivity index (χ4v) is 2.91. The van der Waals surface area contributed by atoms with Crippen LogP contribution in [0.1, 0.15) is 12.5 Å². The van der Waals surface area contributed by atoms with Gasteiger partial charge in [0, 0.05) is 25.7 Å². The Balaban J connectivity index is 1.57. The number of rotatable bonds is 6. The molecule has 1 fully saturated rings. The quantitative estimate of drug-likeness (QED) is 0.884. The normalized spacial score (nSPS) is 21.0. The molecule has 2 atom stereocenters. The topological polar surface area (TPSA) is 41.9 Å². The highest BCUT2D eigenvalue weighted by molar-refractivity contribution is 5.27. The Hall–Kier alpha value is -2.11. The van der Waals surface area contributed by atoms with Gasteiger partial charge in [0.2, 0.25) is 0 Å². The summed E-state index contributed by atoms with van der Waals surface area (Å²) in [7, 11) is 0. The molecule has 5 heteroatoms. The maximum atomic E-state index is 13.2. The Bertz CT molecular complexity index is 662. The van der Waals surface area contributed by atoms with Crippen LogP contribution < -0.4 is 9.47 Å². The Morgan fingerprint density at radius 1 is 1.12 bits per heavy atom. The van der Waals surface area contributed by atoms with Gasteiger partial charge in [-0.15, -0.1) is 0 Å². The fourth-order valence-electron chi connectivity index (χ4n) is 2.91. The molecule has 4 nitrogen and oxygen atoms in total. The summed E-state index contributed by atoms with van der Waals surface area (Å²) in [5.41, 5.74) is 1.15. The van der Waals surface area contributed by atoms with Gasteiger partial charge < -0.3 is 14.6 Å². The van der Waals surface area contributed by atoms with E-state index < -0.39 is 6.10 Å². The lowest BCUT2D eigenvalue weighted by Gasteiger charge is -2.17. The van der Waals surface area contributed by atoms with Crippen molar-refractivity contribution in [2.45, 2.75) is 25.7 Å². The molecule has 0 bridgehead atoms. The van der Waals surface area contributed by atoms with Crippen molar-refractivity contribution < 1.29 is 19.0 Å². The zero-order valence-corrected chi connectivity index (χ0v) is 13.7. The van der Waals surface area contributed by atoms with E-state index in [1.165, 1.54) is 12.1 Å². The number of nitrogens with zero attached hydrogens (tertiary/aromatic N) is 1. The van der Waals surface area contributed by atoms with E-state index in [0.717, 1.165) is 17.9 Å². The van der Waals surface area contributed by atoms with Crippen LogP contribution in [0.3, 0.4) is 0 Å². The SMILES string of the molecule is CCOc1ccc(CN2C[C@H](Oc3cccc(F)c3)[C@@H](O)C2)cc1. The second-order valence-corrected chi connectivity index (χ2v) is 5.95. The lowest BCUT2D eigenvalue weighted by molar-refractivity contribution is 0.0734. The van der Waals surface area contributed by atoms with E-state index in [2.05, 4.69) is 4.90 Å². The third kappa shape index (κ3) is 4.24. The van der Waals surface area contributed by atoms with Gasteiger partial charge in [-0.05, 0) is 36.8 Å². The van der Waals surface area contributed by atoms with Crippen molar-refractivity contribution in [3.8, 4) is 11.5 Å². The largest absolute Gasteiger partial charge is 0.494 e. The van der Waals surface area contributed by atoms with Gasteiger partial charge in [-0.2, -0.15) is 0 Å². The van der Waals surface area contributed by atoms with Crippen LogP contribution in [0.5, 0.6) is 11.5 Å². The number of benzene rings is 2. The fraction of sp³-hybridized carbons (Fsp3) is 0.368. The van der Waals surface area contributed by atoms with E-state index in [9.17, 15) is 9.50 Å². The number of likely N-dealkylation sites (tertiary alicyclic amines) is 1. The predicted octanol–water partition coefficient (Wildman–Crippen LogP) is 2.85. The van der Waals surface area contributed by atoms with Crippen LogP contribution in [0, 0.1) is 5.82 Å². The Morgan fingerprint density at radius 3 is 2.62 bits per heavy atom. The Kier molecular flexibility index (Phi) is 5.33. The molecule has 0 saturated carbocycles. The summed E-state index contributed by atoms with van der Waals surface area (Å²) in [5, 5.41) is 10.2. The molecular weight excluding hydrogens is 309 g/mol. The Labute approximate surface area is 141 Å². The molecule has 24 heavy (non-hydrogen) atoms. The second kappa shape index (κ2) is 7.64. The summed E-state index contributed by atoms with van der Waals surface area (Å²) in [6.07, 6.45) is -0.939. The second-order valence-electron chi connectivity index (χ2n) is 5.95. The third-order valence-corrected chi connectivity index (χ3v) is 4.04. The molecule has 0 spiro atoms. The van der Waals surface area contributed by atoms with E-state index in [1.807, 2.05) is 31.2 Å². The van der Waals surface area contributed by atoms with Gasteiger partial charge in [-0.3, -0.25) is 4.90 Å². The van der Waals surface area contributed by atoms with Gasteiger partial charge in [0.05, 0.1) is 6.61 Å². The average molecular weight is 331 g/mol. The molecule has 1 N–H and O–H groups in total. The molecule has 2 aromatic rings. The lowest BCUT2D eigenvalue weighted by atomic mass is 10.2. The minimum Gasteiger partial charge on any atom is -0.494 e. The van der Waals surface area contributed by atoms with Crippen molar-refractivity contribution in [3.05, 3.63) is 59.9 Å². The molecule has 1 saturated heterocycles. The lowest BCUT2D eigenvalue weighted by Crippen LogP contribution is -2.29. The van der Waals surface area contributed by atoms with Crippen LogP contribution in [0.4, 0.5) is 4.39 Å². The van der Waals surface area contributed by atoms with E-state index >= 15 is 0 Å². The maximum Gasteiger partial charge on any atom is 0.138 e. The van der Waals surface area contributed by atoms with Crippen molar-refractivity contribution in [2.24, 2.45) is 0 Å². The van der Waals surface area contributed by atoms with Crippen LogP contribution in [0.15, 0.2) is 48.5 Å². The highest BCUT2D eigenvalue weighted by Crippen LogP contribution is 2.22. The smallest absolute Gasteiger partial charge is 0.138 e. The molecular formula is C19H22FNO3.